The molecule has 12 heteroatoms. The zero-order valence-corrected chi connectivity index (χ0v) is 24.3. The van der Waals surface area contributed by atoms with E-state index in [1.165, 1.54) is 53.5 Å². The lowest BCUT2D eigenvalue weighted by atomic mass is 10.0. The third-order valence-electron chi connectivity index (χ3n) is 6.51. The van der Waals surface area contributed by atoms with Gasteiger partial charge in [-0.05, 0) is 90.5 Å². The molecule has 0 aliphatic rings. The minimum atomic E-state index is -0.845. The van der Waals surface area contributed by atoms with Crippen molar-refractivity contribution in [3.63, 3.8) is 0 Å². The molecule has 212 valence electrons. The third-order valence-corrected chi connectivity index (χ3v) is 7.60. The lowest BCUT2D eigenvalue weighted by Gasteiger charge is -2.16. The van der Waals surface area contributed by atoms with Crippen LogP contribution in [0.4, 0.5) is 19.0 Å². The average molecular weight is 683 g/mol. The van der Waals surface area contributed by atoms with E-state index in [0.717, 1.165) is 6.07 Å². The molecule has 3 aromatic carbocycles. The number of nitrogens with two attached hydrogens (primary N) is 1. The maximum Gasteiger partial charge on any atom is 0.201 e. The molecule has 3 aromatic heterocycles. The number of hydrogen-bond donors (Lipinski definition) is 1. The summed E-state index contributed by atoms with van der Waals surface area (Å²) < 4.78 is 55.8. The molecule has 8 nitrogen and oxygen atoms in total. The van der Waals surface area contributed by atoms with Crippen molar-refractivity contribution in [2.24, 2.45) is 0 Å². The minimum absolute atomic E-state index is 0.00151. The second-order valence-corrected chi connectivity index (χ2v) is 10.9. The van der Waals surface area contributed by atoms with Crippen molar-refractivity contribution in [3.8, 4) is 28.1 Å². The second-order valence-electron chi connectivity index (χ2n) is 9.72. The van der Waals surface area contributed by atoms with Crippen LogP contribution < -0.4 is 15.9 Å². The van der Waals surface area contributed by atoms with Gasteiger partial charge in [0.05, 0.1) is 22.4 Å². The molecule has 6 rings (SSSR count). The number of benzene rings is 3. The molecule has 0 aliphatic carbocycles. The SMILES string of the molecule is CC(C)Oc1ccc(-c2nn([C@@H](I)c3oc4ccc(F)cc4c(=O)c3-c3cccc(F)c3)c3ncnc(N)c23)cc1F. The van der Waals surface area contributed by atoms with Gasteiger partial charge < -0.3 is 14.9 Å². The van der Waals surface area contributed by atoms with Crippen molar-refractivity contribution >= 4 is 50.4 Å². The molecule has 0 fully saturated rings. The largest absolute Gasteiger partial charge is 0.488 e. The Bertz CT molecular complexity index is 2060. The van der Waals surface area contributed by atoms with Crippen LogP contribution in [0.1, 0.15) is 23.7 Å². The molecule has 0 aliphatic heterocycles. The molecule has 42 heavy (non-hydrogen) atoms. The van der Waals surface area contributed by atoms with Gasteiger partial charge in [0.2, 0.25) is 5.43 Å². The van der Waals surface area contributed by atoms with Gasteiger partial charge in [-0.25, -0.2) is 27.8 Å². The predicted molar refractivity (Wildman–Crippen MR) is 161 cm³/mol. The summed E-state index contributed by atoms with van der Waals surface area (Å²) in [7, 11) is 0. The van der Waals surface area contributed by atoms with E-state index in [9.17, 15) is 18.0 Å². The van der Waals surface area contributed by atoms with Crippen molar-refractivity contribution in [3.05, 3.63) is 100 Å². The van der Waals surface area contributed by atoms with Crippen LogP contribution in [0.15, 0.2) is 76.2 Å². The first-order valence-electron chi connectivity index (χ1n) is 12.7. The van der Waals surface area contributed by atoms with E-state index in [1.807, 2.05) is 22.6 Å². The van der Waals surface area contributed by atoms with E-state index in [1.54, 1.807) is 26.0 Å². The highest BCUT2D eigenvalue weighted by molar-refractivity contribution is 14.1. The Morgan fingerprint density at radius 2 is 1.76 bits per heavy atom. The third kappa shape index (κ3) is 4.85. The van der Waals surface area contributed by atoms with Gasteiger partial charge in [-0.3, -0.25) is 4.79 Å². The number of hydrogen-bond acceptors (Lipinski definition) is 7. The summed E-state index contributed by atoms with van der Waals surface area (Å²) in [6, 6.07) is 13.5. The maximum atomic E-state index is 15.0. The second kappa shape index (κ2) is 10.7. The molecule has 0 amide bonds. The van der Waals surface area contributed by atoms with Gasteiger partial charge in [-0.2, -0.15) is 5.10 Å². The number of alkyl halides is 1. The number of ether oxygens (including phenoxy) is 1. The fourth-order valence-electron chi connectivity index (χ4n) is 4.73. The fourth-order valence-corrected chi connectivity index (χ4v) is 5.56. The van der Waals surface area contributed by atoms with Crippen molar-refractivity contribution in [1.29, 1.82) is 0 Å². The highest BCUT2D eigenvalue weighted by atomic mass is 127. The Morgan fingerprint density at radius 1 is 0.976 bits per heavy atom. The number of halogens is 4. The van der Waals surface area contributed by atoms with Crippen LogP contribution in [0.2, 0.25) is 0 Å². The van der Waals surface area contributed by atoms with Gasteiger partial charge in [0.25, 0.3) is 0 Å². The summed E-state index contributed by atoms with van der Waals surface area (Å²) in [5.74, 6) is -1.47. The van der Waals surface area contributed by atoms with Crippen LogP contribution >= 0.6 is 22.6 Å². The first kappa shape index (κ1) is 27.7. The Hall–Kier alpha value is -4.46. The lowest BCUT2D eigenvalue weighted by Crippen LogP contribution is -2.15. The molecular formula is C30H21F3IN5O3. The quantitative estimate of drug-likeness (QED) is 0.148. The van der Waals surface area contributed by atoms with Crippen LogP contribution in [0.25, 0.3) is 44.4 Å². The van der Waals surface area contributed by atoms with Crippen LogP contribution in [-0.2, 0) is 0 Å². The normalized spacial score (nSPS) is 12.4. The Labute approximate surface area is 250 Å². The van der Waals surface area contributed by atoms with Crippen LogP contribution in [0.5, 0.6) is 5.75 Å². The molecule has 0 spiro atoms. The molecule has 0 radical (unpaired) electrons. The van der Waals surface area contributed by atoms with Gasteiger partial charge in [0, 0.05) is 5.56 Å². The summed E-state index contributed by atoms with van der Waals surface area (Å²) in [4.78, 5) is 22.2. The first-order valence-corrected chi connectivity index (χ1v) is 14.0. The molecular weight excluding hydrogens is 662 g/mol. The molecule has 0 saturated carbocycles. The van der Waals surface area contributed by atoms with Gasteiger partial charge in [0.1, 0.15) is 35.1 Å². The number of fused-ring (bicyclic) bond motifs is 2. The number of rotatable bonds is 6. The zero-order valence-electron chi connectivity index (χ0n) is 22.1. The van der Waals surface area contributed by atoms with Gasteiger partial charge >= 0.3 is 0 Å². The summed E-state index contributed by atoms with van der Waals surface area (Å²) in [5, 5.41) is 5.08. The topological polar surface area (TPSA) is 109 Å². The van der Waals surface area contributed by atoms with E-state index >= 15 is 0 Å². The Kier molecular flexibility index (Phi) is 7.09. The Morgan fingerprint density at radius 3 is 2.50 bits per heavy atom. The van der Waals surface area contributed by atoms with Crippen molar-refractivity contribution in [2.45, 2.75) is 24.0 Å². The summed E-state index contributed by atoms with van der Waals surface area (Å²) in [6.45, 7) is 3.59. The highest BCUT2D eigenvalue weighted by Crippen LogP contribution is 2.39. The van der Waals surface area contributed by atoms with E-state index in [-0.39, 0.29) is 56.9 Å². The fraction of sp³-hybridized carbons (Fsp3) is 0.133. The first-order chi connectivity index (χ1) is 20.1. The van der Waals surface area contributed by atoms with Crippen LogP contribution in [0.3, 0.4) is 0 Å². The van der Waals surface area contributed by atoms with Gasteiger partial charge in [-0.15, -0.1) is 0 Å². The highest BCUT2D eigenvalue weighted by Gasteiger charge is 2.28. The predicted octanol–water partition coefficient (Wildman–Crippen LogP) is 7.04. The monoisotopic (exact) mass is 683 g/mol. The summed E-state index contributed by atoms with van der Waals surface area (Å²) >= 11 is 2.01. The number of nitrogens with zero attached hydrogens (tertiary/aromatic N) is 4. The lowest BCUT2D eigenvalue weighted by molar-refractivity contribution is 0.231. The van der Waals surface area contributed by atoms with E-state index < -0.39 is 26.9 Å². The number of anilines is 1. The smallest absolute Gasteiger partial charge is 0.201 e. The molecule has 0 saturated heterocycles. The number of nitrogen functional groups attached to an aromatic ring is 1. The van der Waals surface area contributed by atoms with E-state index in [0.29, 0.717) is 10.9 Å². The van der Waals surface area contributed by atoms with E-state index in [2.05, 4.69) is 9.97 Å². The maximum absolute atomic E-state index is 15.0. The van der Waals surface area contributed by atoms with Crippen LogP contribution in [-0.4, -0.2) is 25.9 Å². The van der Waals surface area contributed by atoms with E-state index in [4.69, 9.17) is 20.0 Å². The van der Waals surface area contributed by atoms with Crippen molar-refractivity contribution in [1.82, 2.24) is 19.7 Å². The molecule has 3 heterocycles. The summed E-state index contributed by atoms with van der Waals surface area (Å²) in [5.41, 5.74) is 7.06. The molecule has 1 atom stereocenters. The number of aromatic nitrogens is 4. The van der Waals surface area contributed by atoms with Crippen molar-refractivity contribution in [2.75, 3.05) is 5.73 Å². The molecule has 0 bridgehead atoms. The average Bonchev–Trinajstić information content (AvgIpc) is 3.35. The van der Waals surface area contributed by atoms with Gasteiger partial charge in [-0.1, -0.05) is 12.1 Å². The Balaban J connectivity index is 1.59. The van der Waals surface area contributed by atoms with Crippen LogP contribution in [0, 0.1) is 17.5 Å². The minimum Gasteiger partial charge on any atom is -0.488 e. The van der Waals surface area contributed by atoms with Crippen molar-refractivity contribution < 1.29 is 22.3 Å². The molecule has 6 aromatic rings. The van der Waals surface area contributed by atoms with Gasteiger partial charge in [0.15, 0.2) is 27.0 Å². The molecule has 0 unspecified atom stereocenters. The summed E-state index contributed by atoms with van der Waals surface area (Å²) in [6.07, 6.45) is 1.03. The standard InChI is InChI=1S/C30H21F3IN5O3/c1-14(2)41-22-8-6-16(11-20(22)33)25-24-29(35)36-13-37-30(24)39(38-25)28(34)27-23(15-4-3-5-17(31)10-15)26(40)19-12-18(32)7-9-21(19)42-27/h3-14,28H,1-2H3,(H2,35,36,37)/t28-/m1/s1. The molecule has 2 N–H and O–H groups in total. The zero-order chi connectivity index (χ0) is 29.7.